The summed E-state index contributed by atoms with van der Waals surface area (Å²) in [7, 11) is 1.60. The Hall–Kier alpha value is -3.02. The van der Waals surface area contributed by atoms with Crippen LogP contribution in [-0.2, 0) is 17.8 Å². The van der Waals surface area contributed by atoms with Gasteiger partial charge in [0.2, 0.25) is 5.91 Å². The second kappa shape index (κ2) is 7.91. The maximum absolute atomic E-state index is 12.7. The van der Waals surface area contributed by atoms with Gasteiger partial charge in [0, 0.05) is 18.8 Å². The summed E-state index contributed by atoms with van der Waals surface area (Å²) in [4.78, 5) is 26.5. The molecule has 136 valence electrons. The normalized spacial score (nSPS) is 13.7. The average Bonchev–Trinajstić information content (AvgIpc) is 3.10. The van der Waals surface area contributed by atoms with Crippen molar-refractivity contribution in [1.82, 2.24) is 10.6 Å². The predicted molar refractivity (Wildman–Crippen MR) is 100 cm³/mol. The van der Waals surface area contributed by atoms with Crippen molar-refractivity contribution in [2.24, 2.45) is 0 Å². The van der Waals surface area contributed by atoms with Crippen LogP contribution in [0.2, 0.25) is 0 Å². The third kappa shape index (κ3) is 3.96. The third-order valence-electron chi connectivity index (χ3n) is 4.46. The number of carbonyl (C=O) groups is 2. The summed E-state index contributed by atoms with van der Waals surface area (Å²) in [5.41, 5.74) is 3.02. The SMILES string of the molecule is COc1cccc(CNC(=O)N[C@@H](C)C(=O)N2CCc3ccccc32)c1. The van der Waals surface area contributed by atoms with Crippen molar-refractivity contribution in [3.8, 4) is 5.75 Å². The Bertz CT molecular complexity index is 806. The molecule has 0 unspecified atom stereocenters. The Labute approximate surface area is 153 Å². The zero-order valence-corrected chi connectivity index (χ0v) is 15.0. The topological polar surface area (TPSA) is 70.7 Å². The maximum atomic E-state index is 12.7. The lowest BCUT2D eigenvalue weighted by molar-refractivity contribution is -0.119. The smallest absolute Gasteiger partial charge is 0.315 e. The summed E-state index contributed by atoms with van der Waals surface area (Å²) >= 11 is 0. The van der Waals surface area contributed by atoms with Gasteiger partial charge in [-0.25, -0.2) is 4.79 Å². The first-order valence-electron chi connectivity index (χ1n) is 8.65. The molecule has 0 aliphatic carbocycles. The molecular weight excluding hydrogens is 330 g/mol. The number of urea groups is 1. The number of methoxy groups -OCH3 is 1. The zero-order valence-electron chi connectivity index (χ0n) is 15.0. The number of para-hydroxylation sites is 1. The van der Waals surface area contributed by atoms with Gasteiger partial charge in [-0.1, -0.05) is 30.3 Å². The summed E-state index contributed by atoms with van der Waals surface area (Å²) in [5, 5.41) is 5.48. The first kappa shape index (κ1) is 17.8. The minimum atomic E-state index is -0.605. The summed E-state index contributed by atoms with van der Waals surface area (Å²) in [5.74, 6) is 0.632. The fraction of sp³-hybridized carbons (Fsp3) is 0.300. The molecule has 26 heavy (non-hydrogen) atoms. The Morgan fingerprint density at radius 1 is 1.19 bits per heavy atom. The monoisotopic (exact) mass is 353 g/mol. The summed E-state index contributed by atoms with van der Waals surface area (Å²) in [6, 6.07) is 14.4. The van der Waals surface area contributed by atoms with Crippen LogP contribution in [0.5, 0.6) is 5.75 Å². The minimum absolute atomic E-state index is 0.105. The van der Waals surface area contributed by atoms with Crippen LogP contribution in [0.3, 0.4) is 0 Å². The van der Waals surface area contributed by atoms with E-state index in [1.807, 2.05) is 48.5 Å². The van der Waals surface area contributed by atoms with Gasteiger partial charge in [-0.05, 0) is 42.7 Å². The molecule has 1 atom stereocenters. The molecule has 0 spiro atoms. The number of nitrogens with one attached hydrogen (secondary N) is 2. The molecule has 0 bridgehead atoms. The highest BCUT2D eigenvalue weighted by molar-refractivity contribution is 6.00. The van der Waals surface area contributed by atoms with Crippen LogP contribution in [0.15, 0.2) is 48.5 Å². The lowest BCUT2D eigenvalue weighted by atomic mass is 10.2. The number of fused-ring (bicyclic) bond motifs is 1. The number of hydrogen-bond donors (Lipinski definition) is 2. The molecule has 6 heteroatoms. The van der Waals surface area contributed by atoms with Gasteiger partial charge < -0.3 is 20.3 Å². The van der Waals surface area contributed by atoms with Gasteiger partial charge in [-0.15, -0.1) is 0 Å². The van der Waals surface area contributed by atoms with Gasteiger partial charge in [-0.2, -0.15) is 0 Å². The molecule has 0 saturated heterocycles. The number of rotatable bonds is 5. The van der Waals surface area contributed by atoms with E-state index in [1.165, 1.54) is 0 Å². The van der Waals surface area contributed by atoms with E-state index >= 15 is 0 Å². The maximum Gasteiger partial charge on any atom is 0.315 e. The molecule has 6 nitrogen and oxygen atoms in total. The quantitative estimate of drug-likeness (QED) is 0.867. The van der Waals surface area contributed by atoms with Crippen molar-refractivity contribution in [2.45, 2.75) is 25.9 Å². The van der Waals surface area contributed by atoms with Crippen LogP contribution in [0.4, 0.5) is 10.5 Å². The van der Waals surface area contributed by atoms with E-state index in [9.17, 15) is 9.59 Å². The Morgan fingerprint density at radius 3 is 2.81 bits per heavy atom. The molecular formula is C20H23N3O3. The number of hydrogen-bond acceptors (Lipinski definition) is 3. The van der Waals surface area contributed by atoms with Gasteiger partial charge in [0.25, 0.3) is 0 Å². The fourth-order valence-electron chi connectivity index (χ4n) is 3.08. The van der Waals surface area contributed by atoms with Gasteiger partial charge in [-0.3, -0.25) is 4.79 Å². The number of anilines is 1. The van der Waals surface area contributed by atoms with E-state index in [1.54, 1.807) is 18.9 Å². The van der Waals surface area contributed by atoms with Gasteiger partial charge >= 0.3 is 6.03 Å². The van der Waals surface area contributed by atoms with Crippen molar-refractivity contribution in [1.29, 1.82) is 0 Å². The molecule has 0 fully saturated rings. The van der Waals surface area contributed by atoms with Crippen LogP contribution >= 0.6 is 0 Å². The largest absolute Gasteiger partial charge is 0.497 e. The number of benzene rings is 2. The lowest BCUT2D eigenvalue weighted by Crippen LogP contribution is -2.49. The minimum Gasteiger partial charge on any atom is -0.497 e. The van der Waals surface area contributed by atoms with Crippen LogP contribution in [0, 0.1) is 0 Å². The van der Waals surface area contributed by atoms with E-state index in [0.717, 1.165) is 29.0 Å². The second-order valence-corrected chi connectivity index (χ2v) is 6.27. The zero-order chi connectivity index (χ0) is 18.5. The molecule has 0 radical (unpaired) electrons. The van der Waals surface area contributed by atoms with Crippen molar-refractivity contribution in [3.63, 3.8) is 0 Å². The highest BCUT2D eigenvalue weighted by atomic mass is 16.5. The highest BCUT2D eigenvalue weighted by Gasteiger charge is 2.28. The van der Waals surface area contributed by atoms with E-state index in [4.69, 9.17) is 4.74 Å². The van der Waals surface area contributed by atoms with Crippen molar-refractivity contribution < 1.29 is 14.3 Å². The molecule has 3 amide bonds. The molecule has 1 heterocycles. The van der Waals surface area contributed by atoms with E-state index in [-0.39, 0.29) is 11.9 Å². The Balaban J connectivity index is 1.53. The number of ether oxygens (including phenoxy) is 1. The van der Waals surface area contributed by atoms with E-state index < -0.39 is 6.04 Å². The predicted octanol–water partition coefficient (Wildman–Crippen LogP) is 2.47. The molecule has 0 aromatic heterocycles. The van der Waals surface area contributed by atoms with Gasteiger partial charge in [0.05, 0.1) is 7.11 Å². The lowest BCUT2D eigenvalue weighted by Gasteiger charge is -2.22. The number of nitrogens with zero attached hydrogens (tertiary/aromatic N) is 1. The van der Waals surface area contributed by atoms with E-state index in [0.29, 0.717) is 13.1 Å². The molecule has 2 aromatic rings. The van der Waals surface area contributed by atoms with Gasteiger partial charge in [0.15, 0.2) is 0 Å². The average molecular weight is 353 g/mol. The number of carbonyl (C=O) groups excluding carboxylic acids is 2. The van der Waals surface area contributed by atoms with Crippen LogP contribution in [0.25, 0.3) is 0 Å². The standard InChI is InChI=1S/C20H23N3O3/c1-14(19(24)23-11-10-16-7-3-4-9-18(16)23)22-20(25)21-13-15-6-5-8-17(12-15)26-2/h3-9,12,14H,10-11,13H2,1-2H3,(H2,21,22,25)/t14-/m0/s1. The molecule has 3 rings (SSSR count). The summed E-state index contributed by atoms with van der Waals surface area (Å²) < 4.78 is 5.16. The van der Waals surface area contributed by atoms with Crippen molar-refractivity contribution in [3.05, 3.63) is 59.7 Å². The molecule has 0 saturated carbocycles. The Morgan fingerprint density at radius 2 is 2.00 bits per heavy atom. The van der Waals surface area contributed by atoms with E-state index in [2.05, 4.69) is 10.6 Å². The molecule has 2 N–H and O–H groups in total. The van der Waals surface area contributed by atoms with Crippen LogP contribution < -0.4 is 20.3 Å². The molecule has 1 aliphatic heterocycles. The fourth-order valence-corrected chi connectivity index (χ4v) is 3.08. The Kier molecular flexibility index (Phi) is 5.41. The van der Waals surface area contributed by atoms with Gasteiger partial charge in [0.1, 0.15) is 11.8 Å². The highest BCUT2D eigenvalue weighted by Crippen LogP contribution is 2.27. The van der Waals surface area contributed by atoms with Crippen molar-refractivity contribution >= 4 is 17.6 Å². The van der Waals surface area contributed by atoms with Crippen LogP contribution in [-0.4, -0.2) is 31.6 Å². The first-order chi connectivity index (χ1) is 12.6. The van der Waals surface area contributed by atoms with Crippen molar-refractivity contribution in [2.75, 3.05) is 18.6 Å². The number of amides is 3. The molecule has 2 aromatic carbocycles. The summed E-state index contributed by atoms with van der Waals surface area (Å²) in [6.45, 7) is 2.71. The third-order valence-corrected chi connectivity index (χ3v) is 4.46. The summed E-state index contributed by atoms with van der Waals surface area (Å²) in [6.07, 6.45) is 0.844. The first-order valence-corrected chi connectivity index (χ1v) is 8.65. The second-order valence-electron chi connectivity index (χ2n) is 6.27. The van der Waals surface area contributed by atoms with Crippen LogP contribution in [0.1, 0.15) is 18.1 Å². The molecule has 1 aliphatic rings.